The fourth-order valence-electron chi connectivity index (χ4n) is 3.51. The zero-order chi connectivity index (χ0) is 22.8. The van der Waals surface area contributed by atoms with E-state index in [1.807, 2.05) is 13.0 Å². The summed E-state index contributed by atoms with van der Waals surface area (Å²) >= 11 is 0. The number of fused-ring (bicyclic) bond motifs is 1. The number of anilines is 1. The van der Waals surface area contributed by atoms with E-state index in [0.717, 1.165) is 16.5 Å². The molecular weight excluding hydrogens is 415 g/mol. The van der Waals surface area contributed by atoms with Crippen LogP contribution in [-0.4, -0.2) is 43.0 Å². The van der Waals surface area contributed by atoms with Crippen LogP contribution in [0, 0.1) is 12.7 Å². The molecule has 9 nitrogen and oxygen atoms in total. The average molecular weight is 436 g/mol. The van der Waals surface area contributed by atoms with Gasteiger partial charge in [-0.15, -0.1) is 0 Å². The van der Waals surface area contributed by atoms with Gasteiger partial charge in [0.05, 0.1) is 18.5 Å². The monoisotopic (exact) mass is 436 g/mol. The highest BCUT2D eigenvalue weighted by Gasteiger charge is 2.21. The van der Waals surface area contributed by atoms with Crippen molar-refractivity contribution in [2.45, 2.75) is 20.4 Å². The lowest BCUT2D eigenvalue weighted by atomic mass is 10.0. The van der Waals surface area contributed by atoms with Crippen LogP contribution in [0.2, 0.25) is 0 Å². The molecule has 1 amide bonds. The first kappa shape index (κ1) is 21.2. The van der Waals surface area contributed by atoms with Gasteiger partial charge in [-0.05, 0) is 43.2 Å². The summed E-state index contributed by atoms with van der Waals surface area (Å²) in [5.74, 6) is -1.05. The number of hydrogen-bond acceptors (Lipinski definition) is 6. The van der Waals surface area contributed by atoms with E-state index in [1.165, 1.54) is 27.7 Å². The van der Waals surface area contributed by atoms with Crippen LogP contribution >= 0.6 is 0 Å². The number of benzene rings is 1. The number of aryl methyl sites for hydroxylation is 2. The van der Waals surface area contributed by atoms with Crippen LogP contribution in [-0.2, 0) is 23.1 Å². The largest absolute Gasteiger partial charge is 0.462 e. The van der Waals surface area contributed by atoms with Gasteiger partial charge < -0.3 is 10.1 Å². The van der Waals surface area contributed by atoms with Crippen LogP contribution in [0.4, 0.5) is 10.2 Å². The Morgan fingerprint density at radius 1 is 1.19 bits per heavy atom. The van der Waals surface area contributed by atoms with E-state index in [4.69, 9.17) is 4.74 Å². The number of ether oxygens (including phenoxy) is 1. The zero-order valence-electron chi connectivity index (χ0n) is 17.8. The second kappa shape index (κ2) is 8.58. The minimum Gasteiger partial charge on any atom is -0.462 e. The molecule has 1 N–H and O–H groups in total. The van der Waals surface area contributed by atoms with Crippen molar-refractivity contribution in [1.82, 2.24) is 24.5 Å². The van der Waals surface area contributed by atoms with E-state index in [2.05, 4.69) is 20.5 Å². The molecule has 4 rings (SSSR count). The van der Waals surface area contributed by atoms with E-state index in [-0.39, 0.29) is 30.4 Å². The molecule has 164 valence electrons. The third-order valence-corrected chi connectivity index (χ3v) is 4.95. The predicted molar refractivity (Wildman–Crippen MR) is 115 cm³/mol. The molecule has 3 heterocycles. The number of amides is 1. The van der Waals surface area contributed by atoms with Crippen molar-refractivity contribution < 1.29 is 18.7 Å². The standard InChI is InChI=1S/C22H21FN6O3/c1-4-32-22(31)17-11-25-28(3)20(17)26-18(30)12-29-21-19(13(2)27-29)16(9-10-24-21)14-5-7-15(23)8-6-14/h5-11H,4,12H2,1-3H3,(H,26,30). The first-order valence-corrected chi connectivity index (χ1v) is 9.96. The SMILES string of the molecule is CCOC(=O)c1cnn(C)c1NC(=O)Cn1nc(C)c2c(-c3ccc(F)cc3)ccnc21. The van der Waals surface area contributed by atoms with Gasteiger partial charge in [0.1, 0.15) is 23.7 Å². The Balaban J connectivity index is 1.63. The predicted octanol–water partition coefficient (Wildman–Crippen LogP) is 3.09. The van der Waals surface area contributed by atoms with Gasteiger partial charge in [-0.3, -0.25) is 9.48 Å². The maximum atomic E-state index is 13.3. The topological polar surface area (TPSA) is 104 Å². The molecule has 0 spiro atoms. The second-order valence-electron chi connectivity index (χ2n) is 7.11. The fraction of sp³-hybridized carbons (Fsp3) is 0.227. The van der Waals surface area contributed by atoms with Crippen molar-refractivity contribution in [2.24, 2.45) is 7.05 Å². The van der Waals surface area contributed by atoms with Gasteiger partial charge in [-0.1, -0.05) is 12.1 Å². The quantitative estimate of drug-likeness (QED) is 0.466. The van der Waals surface area contributed by atoms with Crippen molar-refractivity contribution in [3.8, 4) is 11.1 Å². The van der Waals surface area contributed by atoms with E-state index >= 15 is 0 Å². The summed E-state index contributed by atoms with van der Waals surface area (Å²) in [4.78, 5) is 29.3. The van der Waals surface area contributed by atoms with Crippen molar-refractivity contribution in [2.75, 3.05) is 11.9 Å². The Hall–Kier alpha value is -4.08. The maximum absolute atomic E-state index is 13.3. The van der Waals surface area contributed by atoms with Gasteiger partial charge >= 0.3 is 5.97 Å². The van der Waals surface area contributed by atoms with Crippen molar-refractivity contribution in [3.63, 3.8) is 0 Å². The molecule has 0 aliphatic carbocycles. The van der Waals surface area contributed by atoms with Crippen molar-refractivity contribution in [1.29, 1.82) is 0 Å². The Kier molecular flexibility index (Phi) is 5.67. The summed E-state index contributed by atoms with van der Waals surface area (Å²) in [6.45, 7) is 3.61. The molecule has 0 bridgehead atoms. The molecule has 0 aliphatic rings. The molecule has 0 aliphatic heterocycles. The zero-order valence-corrected chi connectivity index (χ0v) is 17.8. The number of esters is 1. The minimum absolute atomic E-state index is 0.127. The molecule has 1 aromatic carbocycles. The third-order valence-electron chi connectivity index (χ3n) is 4.95. The normalized spacial score (nSPS) is 11.0. The van der Waals surface area contributed by atoms with E-state index < -0.39 is 11.9 Å². The van der Waals surface area contributed by atoms with Crippen molar-refractivity contribution >= 4 is 28.7 Å². The highest BCUT2D eigenvalue weighted by atomic mass is 19.1. The molecular formula is C22H21FN6O3. The summed E-state index contributed by atoms with van der Waals surface area (Å²) in [7, 11) is 1.61. The van der Waals surface area contributed by atoms with Gasteiger partial charge in [0.15, 0.2) is 5.65 Å². The number of carbonyl (C=O) groups excluding carboxylic acids is 2. The Labute approximate surface area is 182 Å². The Bertz CT molecular complexity index is 1310. The number of pyridine rings is 1. The molecule has 0 saturated heterocycles. The highest BCUT2D eigenvalue weighted by Crippen LogP contribution is 2.30. The van der Waals surface area contributed by atoms with Gasteiger partial charge in [-0.2, -0.15) is 10.2 Å². The number of carbonyl (C=O) groups is 2. The van der Waals surface area contributed by atoms with Crippen molar-refractivity contribution in [3.05, 3.63) is 59.8 Å². The van der Waals surface area contributed by atoms with Gasteiger partial charge in [-0.25, -0.2) is 18.9 Å². The highest BCUT2D eigenvalue weighted by molar-refractivity contribution is 6.00. The van der Waals surface area contributed by atoms with E-state index in [0.29, 0.717) is 11.3 Å². The molecule has 0 fully saturated rings. The first-order valence-electron chi connectivity index (χ1n) is 9.96. The number of nitrogens with zero attached hydrogens (tertiary/aromatic N) is 5. The first-order chi connectivity index (χ1) is 15.4. The van der Waals surface area contributed by atoms with Crippen LogP contribution < -0.4 is 5.32 Å². The van der Waals surface area contributed by atoms with Gasteiger partial charge in [0.25, 0.3) is 0 Å². The number of rotatable bonds is 6. The van der Waals surface area contributed by atoms with Gasteiger partial charge in [0, 0.05) is 18.6 Å². The van der Waals surface area contributed by atoms with E-state index in [9.17, 15) is 14.0 Å². The summed E-state index contributed by atoms with van der Waals surface area (Å²) in [5.41, 5.74) is 3.04. The third kappa shape index (κ3) is 3.94. The number of aromatic nitrogens is 5. The molecule has 32 heavy (non-hydrogen) atoms. The number of hydrogen-bond donors (Lipinski definition) is 1. The smallest absolute Gasteiger partial charge is 0.343 e. The molecule has 0 unspecified atom stereocenters. The van der Waals surface area contributed by atoms with E-state index in [1.54, 1.807) is 32.3 Å². The minimum atomic E-state index is -0.568. The molecule has 0 radical (unpaired) electrons. The lowest BCUT2D eigenvalue weighted by Crippen LogP contribution is -2.22. The van der Waals surface area contributed by atoms with Gasteiger partial charge in [0.2, 0.25) is 5.91 Å². The summed E-state index contributed by atoms with van der Waals surface area (Å²) in [5, 5.41) is 12.0. The number of nitrogens with one attached hydrogen (secondary N) is 1. The molecule has 10 heteroatoms. The lowest BCUT2D eigenvalue weighted by molar-refractivity contribution is -0.116. The summed E-state index contributed by atoms with van der Waals surface area (Å²) in [6.07, 6.45) is 2.97. The van der Waals surface area contributed by atoms with Crippen LogP contribution in [0.3, 0.4) is 0 Å². The average Bonchev–Trinajstić information content (AvgIpc) is 3.28. The molecule has 3 aromatic heterocycles. The molecule has 4 aromatic rings. The fourth-order valence-corrected chi connectivity index (χ4v) is 3.51. The van der Waals surface area contributed by atoms with Crippen LogP contribution in [0.15, 0.2) is 42.7 Å². The van der Waals surface area contributed by atoms with Crippen LogP contribution in [0.5, 0.6) is 0 Å². The molecule has 0 atom stereocenters. The Morgan fingerprint density at radius 2 is 1.94 bits per heavy atom. The second-order valence-corrected chi connectivity index (χ2v) is 7.11. The number of halogens is 1. The molecule has 0 saturated carbocycles. The maximum Gasteiger partial charge on any atom is 0.343 e. The Morgan fingerprint density at radius 3 is 2.66 bits per heavy atom. The van der Waals surface area contributed by atoms with Crippen LogP contribution in [0.1, 0.15) is 23.0 Å². The van der Waals surface area contributed by atoms with Crippen LogP contribution in [0.25, 0.3) is 22.2 Å². The lowest BCUT2D eigenvalue weighted by Gasteiger charge is -2.09. The summed E-state index contributed by atoms with van der Waals surface area (Å²) < 4.78 is 21.2. The summed E-state index contributed by atoms with van der Waals surface area (Å²) in [6, 6.07) is 7.99.